The van der Waals surface area contributed by atoms with Crippen molar-refractivity contribution in [2.75, 3.05) is 0 Å². The monoisotopic (exact) mass is 1170 g/mol. The van der Waals surface area contributed by atoms with Crippen LogP contribution >= 0.6 is 0 Å². The minimum absolute atomic E-state index is 0.202. The molecule has 0 N–H and O–H groups in total. The van der Waals surface area contributed by atoms with Gasteiger partial charge < -0.3 is 4.40 Å². The molecule has 5 heterocycles. The Morgan fingerprint density at radius 3 is 1.77 bits per heavy atom. The number of hydrogen-bond donors (Lipinski definition) is 0. The van der Waals surface area contributed by atoms with Gasteiger partial charge in [0.2, 0.25) is 0 Å². The molecule has 0 spiro atoms. The summed E-state index contributed by atoms with van der Waals surface area (Å²) in [5.41, 5.74) is 16.4. The molecule has 8 heteroatoms. The van der Waals surface area contributed by atoms with Gasteiger partial charge in [0, 0.05) is 37.4 Å². The predicted octanol–water partition coefficient (Wildman–Crippen LogP) is 17.4. The zero-order valence-electron chi connectivity index (χ0n) is 44.3. The average molecular weight is 1170 g/mol. The summed E-state index contributed by atoms with van der Waals surface area (Å²) in [5, 5.41) is 16.3. The Kier molecular flexibility index (Phi) is 9.48. The molecule has 0 unspecified atom stereocenters. The van der Waals surface area contributed by atoms with Crippen LogP contribution in [0.5, 0.6) is 11.5 Å². The summed E-state index contributed by atoms with van der Waals surface area (Å²) in [5.74, 6) is 1.74. The van der Waals surface area contributed by atoms with Gasteiger partial charge in [-0.25, -0.2) is 0 Å². The van der Waals surface area contributed by atoms with Crippen molar-refractivity contribution in [2.24, 2.45) is 0 Å². The van der Waals surface area contributed by atoms with Crippen LogP contribution in [0.4, 0.5) is 0 Å². The summed E-state index contributed by atoms with van der Waals surface area (Å²) in [6.45, 7) is -0.392. The van der Waals surface area contributed by atoms with Gasteiger partial charge in [-0.15, -0.1) is 0 Å². The van der Waals surface area contributed by atoms with Crippen molar-refractivity contribution in [1.29, 1.82) is 5.26 Å². The summed E-state index contributed by atoms with van der Waals surface area (Å²) >= 11 is 2.48. The molecule has 0 atom stereocenters. The Hall–Kier alpha value is -9.60. The molecule has 0 bridgehead atoms. The second-order valence-electron chi connectivity index (χ2n) is 19.6. The molecule has 15 rings (SSSR count). The Labute approximate surface area is 457 Å². The predicted molar refractivity (Wildman–Crippen MR) is 310 cm³/mol. The number of aromatic nitrogens is 5. The SMILES string of the molecule is [2H]C([2H])([2H])c1cc(-n2c3cc(Oc4cc(-n5[c](=[Pt])n(-c6c(-c7ccccc7)cccc6-c6ccccc6)c6ccccc65)ccc4C)ccc3c3cc4c5cc(C#N)cc6c7ccccc7n(c4cc32)c65)ncc1-c1ccccc1. The van der Waals surface area contributed by atoms with E-state index >= 15 is 0 Å². The third-order valence-electron chi connectivity index (χ3n) is 15.3. The molecule has 5 aromatic heterocycles. The minimum atomic E-state index is -2.45. The summed E-state index contributed by atoms with van der Waals surface area (Å²) < 4.78 is 43.6. The third-order valence-corrected chi connectivity index (χ3v) is 16.3. The number of hydrogen-bond acceptors (Lipinski definition) is 3. The second kappa shape index (κ2) is 17.5. The molecule has 0 aliphatic heterocycles. The molecule has 0 saturated carbocycles. The summed E-state index contributed by atoms with van der Waals surface area (Å²) in [6.07, 6.45) is 1.69. The molecule has 0 saturated heterocycles. The smallest absolute Gasteiger partial charge is 0.0622 e. The van der Waals surface area contributed by atoms with Crippen molar-refractivity contribution < 1.29 is 28.2 Å². The number of para-hydroxylation sites is 4. The zero-order valence-corrected chi connectivity index (χ0v) is 43.6. The van der Waals surface area contributed by atoms with Crippen molar-refractivity contribution in [3.05, 3.63) is 251 Å². The molecule has 0 fully saturated rings. The van der Waals surface area contributed by atoms with Crippen LogP contribution < -0.4 is 4.74 Å². The number of ether oxygens (including phenoxy) is 1. The molecule has 0 aliphatic rings. The van der Waals surface area contributed by atoms with E-state index in [4.69, 9.17) is 13.8 Å². The van der Waals surface area contributed by atoms with Gasteiger partial charge in [0.05, 0.1) is 28.2 Å². The van der Waals surface area contributed by atoms with E-state index < -0.39 is 6.85 Å². The number of aryl methyl sites for hydroxylation is 2. The first-order valence-corrected chi connectivity index (χ1v) is 26.6. The number of nitriles is 1. The summed E-state index contributed by atoms with van der Waals surface area (Å²) in [6, 6.07) is 79.2. The molecule has 0 amide bonds. The minimum Gasteiger partial charge on any atom is -0.0622 e. The standard InChI is InChI=1S/C69H44N6O.Pt/c1-43-29-30-49(72-42-73(62-28-15-14-27-61(62)72)68-51(46-17-6-3-7-18-46)24-16-25-52(68)47-19-8-4-9-20-47)36-66(43)76-50-31-32-54-55-38-56-58-35-45(40-70)34-57-53-23-12-13-26-60(53)75(69(57)58)65(56)39-64(55)74(63(54)37-50)67-33-44(2)59(41-71-67)48-21-10-5-11-22-48;/h3-39,41H,1-2H3;/i2D3;. The van der Waals surface area contributed by atoms with Crippen molar-refractivity contribution in [1.82, 2.24) is 23.1 Å². The summed E-state index contributed by atoms with van der Waals surface area (Å²) in [7, 11) is 0. The average Bonchev–Trinajstić information content (AvgIpc) is 3.29. The van der Waals surface area contributed by atoms with Crippen molar-refractivity contribution in [2.45, 2.75) is 13.8 Å². The first-order chi connectivity index (χ1) is 39.1. The van der Waals surface area contributed by atoms with E-state index in [9.17, 15) is 5.26 Å². The van der Waals surface area contributed by atoms with E-state index in [0.717, 1.165) is 119 Å². The van der Waals surface area contributed by atoms with Gasteiger partial charge in [0.15, 0.2) is 0 Å². The maximum atomic E-state index is 10.3. The van der Waals surface area contributed by atoms with Crippen LogP contribution in [0.3, 0.4) is 0 Å². The number of nitrogens with zero attached hydrogens (tertiary/aromatic N) is 6. The quantitative estimate of drug-likeness (QED) is 0.152. The van der Waals surface area contributed by atoms with E-state index in [-0.39, 0.29) is 5.56 Å². The normalized spacial score (nSPS) is 12.6. The Morgan fingerprint density at radius 1 is 0.481 bits per heavy atom. The number of benzene rings is 10. The molecule has 366 valence electrons. The third kappa shape index (κ3) is 6.93. The van der Waals surface area contributed by atoms with Crippen LogP contribution in [0.25, 0.3) is 122 Å². The Balaban J connectivity index is 0.927. The zero-order chi connectivity index (χ0) is 54.0. The number of pyridine rings is 1. The topological polar surface area (TPSA) is 65.1 Å². The number of rotatable bonds is 8. The Morgan fingerprint density at radius 2 is 1.08 bits per heavy atom. The molecule has 10 aromatic carbocycles. The molecular formula is C69H44N6OPt. The molecular weight excluding hydrogens is 1120 g/mol. The number of fused-ring (bicyclic) bond motifs is 10. The van der Waals surface area contributed by atoms with Gasteiger partial charge in [-0.2, -0.15) is 5.26 Å². The van der Waals surface area contributed by atoms with Crippen LogP contribution in [0.1, 0.15) is 20.8 Å². The first kappa shape index (κ1) is 41.7. The van der Waals surface area contributed by atoms with Crippen LogP contribution in [0.15, 0.2) is 231 Å². The fourth-order valence-electron chi connectivity index (χ4n) is 11.8. The molecule has 0 radical (unpaired) electrons. The molecule has 0 aliphatic carbocycles. The molecule has 77 heavy (non-hydrogen) atoms. The number of imidazole rings is 1. The van der Waals surface area contributed by atoms with E-state index in [2.05, 4.69) is 202 Å². The van der Waals surface area contributed by atoms with Gasteiger partial charge >= 0.3 is 301 Å². The second-order valence-corrected chi connectivity index (χ2v) is 20.6. The van der Waals surface area contributed by atoms with Crippen molar-refractivity contribution >= 4 is 70.9 Å². The molecule has 15 aromatic rings. The van der Waals surface area contributed by atoms with Crippen LogP contribution in [-0.2, 0) is 19.4 Å². The van der Waals surface area contributed by atoms with E-state index in [0.29, 0.717) is 28.4 Å². The van der Waals surface area contributed by atoms with Gasteiger partial charge in [-0.05, 0) is 36.2 Å². The summed E-state index contributed by atoms with van der Waals surface area (Å²) in [4.78, 5) is 5.11. The fourth-order valence-corrected chi connectivity index (χ4v) is 12.9. The van der Waals surface area contributed by atoms with Gasteiger partial charge in [0.1, 0.15) is 0 Å². The first-order valence-electron chi connectivity index (χ1n) is 27.0. The van der Waals surface area contributed by atoms with Crippen molar-refractivity contribution in [3.8, 4) is 68.1 Å². The van der Waals surface area contributed by atoms with E-state index in [1.165, 1.54) is 0 Å². The van der Waals surface area contributed by atoms with E-state index in [1.54, 1.807) is 12.3 Å². The van der Waals surface area contributed by atoms with Gasteiger partial charge in [0.25, 0.3) is 0 Å². The maximum absolute atomic E-state index is 10.3. The van der Waals surface area contributed by atoms with Crippen LogP contribution in [-0.4, -0.2) is 23.1 Å². The van der Waals surface area contributed by atoms with E-state index in [1.807, 2.05) is 66.7 Å². The van der Waals surface area contributed by atoms with Crippen LogP contribution in [0.2, 0.25) is 0 Å². The van der Waals surface area contributed by atoms with Gasteiger partial charge in [-0.3, -0.25) is 0 Å². The van der Waals surface area contributed by atoms with Crippen molar-refractivity contribution in [3.63, 3.8) is 0 Å². The Bertz CT molecular complexity index is 5070. The fraction of sp³-hybridized carbons (Fsp3) is 0.0290. The van der Waals surface area contributed by atoms with Crippen LogP contribution in [0, 0.1) is 28.9 Å². The molecule has 7 nitrogen and oxygen atoms in total. The van der Waals surface area contributed by atoms with Gasteiger partial charge in [-0.1, -0.05) is 48.5 Å².